The molecule has 3 N–H and O–H groups in total. The van der Waals surface area contributed by atoms with E-state index in [0.717, 1.165) is 36.9 Å². The monoisotopic (exact) mass is 478 g/mol. The van der Waals surface area contributed by atoms with E-state index in [1.807, 2.05) is 13.0 Å². The molecule has 0 saturated heterocycles. The molecule has 1 aliphatic carbocycles. The third kappa shape index (κ3) is 4.87. The average Bonchev–Trinajstić information content (AvgIpc) is 3.25. The molecule has 0 bridgehead atoms. The second-order valence-corrected chi connectivity index (χ2v) is 8.92. The van der Waals surface area contributed by atoms with Crippen LogP contribution >= 0.6 is 0 Å². The van der Waals surface area contributed by atoms with Crippen LogP contribution in [0.25, 0.3) is 16.8 Å². The maximum absolute atomic E-state index is 14.9. The van der Waals surface area contributed by atoms with Crippen molar-refractivity contribution in [3.05, 3.63) is 71.7 Å². The van der Waals surface area contributed by atoms with E-state index in [4.69, 9.17) is 10.5 Å². The summed E-state index contributed by atoms with van der Waals surface area (Å²) in [7, 11) is 0. The number of hydrogen-bond acceptors (Lipinski definition) is 6. The SMILES string of the molecule is CCOCc1cc(F)c(-c2ccc3cnc(Nc4cnccc4C4CCC[C@H](N)C4)n3n2)c(F)c1. The maximum atomic E-state index is 14.9. The second-order valence-electron chi connectivity index (χ2n) is 8.92. The molecule has 5 rings (SSSR count). The van der Waals surface area contributed by atoms with Crippen molar-refractivity contribution in [2.45, 2.75) is 51.2 Å². The zero-order valence-electron chi connectivity index (χ0n) is 19.5. The van der Waals surface area contributed by atoms with Crippen LogP contribution in [0.1, 0.15) is 49.7 Å². The number of ether oxygens (including phenoxy) is 1. The normalized spacial score (nSPS) is 18.2. The number of nitrogens with two attached hydrogens (primary N) is 1. The van der Waals surface area contributed by atoms with Crippen LogP contribution in [-0.4, -0.2) is 32.2 Å². The van der Waals surface area contributed by atoms with Gasteiger partial charge in [-0.1, -0.05) is 6.42 Å². The third-order valence-corrected chi connectivity index (χ3v) is 6.47. The number of nitrogens with one attached hydrogen (secondary N) is 1. The lowest BCUT2D eigenvalue weighted by Gasteiger charge is -2.28. The van der Waals surface area contributed by atoms with E-state index in [2.05, 4.69) is 20.4 Å². The van der Waals surface area contributed by atoms with Crippen molar-refractivity contribution >= 4 is 17.2 Å². The molecule has 182 valence electrons. The lowest BCUT2D eigenvalue weighted by Crippen LogP contribution is -2.27. The largest absolute Gasteiger partial charge is 0.377 e. The van der Waals surface area contributed by atoms with E-state index in [9.17, 15) is 8.78 Å². The highest BCUT2D eigenvalue weighted by Crippen LogP contribution is 2.36. The molecule has 0 amide bonds. The van der Waals surface area contributed by atoms with E-state index in [1.54, 1.807) is 35.2 Å². The summed E-state index contributed by atoms with van der Waals surface area (Å²) < 4.78 is 36.6. The fraction of sp³-hybridized carbons (Fsp3) is 0.346. The minimum absolute atomic E-state index is 0.145. The first kappa shape index (κ1) is 23.3. The highest BCUT2D eigenvalue weighted by Gasteiger charge is 2.23. The van der Waals surface area contributed by atoms with Crippen molar-refractivity contribution in [3.8, 4) is 11.3 Å². The lowest BCUT2D eigenvalue weighted by molar-refractivity contribution is 0.133. The quantitative estimate of drug-likeness (QED) is 0.373. The minimum Gasteiger partial charge on any atom is -0.377 e. The number of nitrogens with zero attached hydrogens (tertiary/aromatic N) is 4. The Labute approximate surface area is 202 Å². The molecular formula is C26H28F2N6O. The number of halogens is 2. The number of pyridine rings is 1. The predicted molar refractivity (Wildman–Crippen MR) is 130 cm³/mol. The van der Waals surface area contributed by atoms with Gasteiger partial charge < -0.3 is 15.8 Å². The smallest absolute Gasteiger partial charge is 0.229 e. The molecule has 0 spiro atoms. The van der Waals surface area contributed by atoms with Gasteiger partial charge >= 0.3 is 0 Å². The van der Waals surface area contributed by atoms with Crippen molar-refractivity contribution in [3.63, 3.8) is 0 Å². The zero-order valence-corrected chi connectivity index (χ0v) is 19.5. The Morgan fingerprint density at radius 1 is 1.14 bits per heavy atom. The van der Waals surface area contributed by atoms with Gasteiger partial charge in [0, 0.05) is 18.8 Å². The summed E-state index contributed by atoms with van der Waals surface area (Å²) in [5.74, 6) is -0.615. The molecule has 1 aliphatic rings. The number of benzene rings is 1. The van der Waals surface area contributed by atoms with E-state index in [0.29, 0.717) is 29.6 Å². The van der Waals surface area contributed by atoms with Gasteiger partial charge in [0.15, 0.2) is 0 Å². The van der Waals surface area contributed by atoms with Crippen molar-refractivity contribution in [1.82, 2.24) is 19.6 Å². The molecule has 1 aromatic carbocycles. The zero-order chi connectivity index (χ0) is 24.4. The summed E-state index contributed by atoms with van der Waals surface area (Å²) in [6, 6.07) is 8.08. The van der Waals surface area contributed by atoms with Crippen molar-refractivity contribution in [2.75, 3.05) is 11.9 Å². The standard InChI is InChI=1S/C26H28F2N6O/c1-2-35-15-16-10-21(27)25(22(28)11-16)23-7-6-19-13-31-26(34(19)33-23)32-24-14-30-9-8-20(24)17-4-3-5-18(29)12-17/h6-11,13-14,17-18H,2-5,12,15,29H2,1H3,(H,31,32)/t17?,18-/m0/s1. The number of rotatable bonds is 7. The maximum Gasteiger partial charge on any atom is 0.229 e. The van der Waals surface area contributed by atoms with Crippen LogP contribution in [0.3, 0.4) is 0 Å². The van der Waals surface area contributed by atoms with Crippen LogP contribution in [0.4, 0.5) is 20.4 Å². The molecule has 2 atom stereocenters. The van der Waals surface area contributed by atoms with Gasteiger partial charge in [-0.2, -0.15) is 9.61 Å². The van der Waals surface area contributed by atoms with E-state index in [-0.39, 0.29) is 23.9 Å². The summed E-state index contributed by atoms with van der Waals surface area (Å²) in [6.45, 7) is 2.44. The number of aromatic nitrogens is 4. The Morgan fingerprint density at radius 2 is 1.97 bits per heavy atom. The van der Waals surface area contributed by atoms with Crippen LogP contribution in [-0.2, 0) is 11.3 Å². The molecule has 0 aliphatic heterocycles. The number of anilines is 2. The Morgan fingerprint density at radius 3 is 2.74 bits per heavy atom. The summed E-state index contributed by atoms with van der Waals surface area (Å²) in [6.07, 6.45) is 9.31. The Balaban J connectivity index is 1.48. The van der Waals surface area contributed by atoms with E-state index < -0.39 is 11.6 Å². The van der Waals surface area contributed by atoms with Gasteiger partial charge in [0.1, 0.15) is 11.6 Å². The molecule has 1 unspecified atom stereocenters. The molecule has 1 fully saturated rings. The van der Waals surface area contributed by atoms with Crippen LogP contribution in [0.5, 0.6) is 0 Å². The van der Waals surface area contributed by atoms with Crippen LogP contribution < -0.4 is 11.1 Å². The summed E-state index contributed by atoms with van der Waals surface area (Å²) >= 11 is 0. The average molecular weight is 479 g/mol. The topological polar surface area (TPSA) is 90.4 Å². The Hall–Kier alpha value is -3.43. The Kier molecular flexibility index (Phi) is 6.70. The Bertz CT molecular complexity index is 1320. The molecule has 35 heavy (non-hydrogen) atoms. The first-order chi connectivity index (χ1) is 17.0. The fourth-order valence-corrected chi connectivity index (χ4v) is 4.77. The van der Waals surface area contributed by atoms with Gasteiger partial charge in [-0.15, -0.1) is 0 Å². The highest BCUT2D eigenvalue weighted by molar-refractivity contribution is 5.66. The van der Waals surface area contributed by atoms with Crippen LogP contribution in [0.2, 0.25) is 0 Å². The highest BCUT2D eigenvalue weighted by atomic mass is 19.1. The summed E-state index contributed by atoms with van der Waals surface area (Å²) in [4.78, 5) is 8.73. The first-order valence-electron chi connectivity index (χ1n) is 11.9. The molecule has 3 aromatic heterocycles. The number of imidazole rings is 1. The predicted octanol–water partition coefficient (Wildman–Crippen LogP) is 5.33. The summed E-state index contributed by atoms with van der Waals surface area (Å²) in [5, 5.41) is 7.84. The molecule has 0 radical (unpaired) electrons. The van der Waals surface area contributed by atoms with Gasteiger partial charge in [-0.05, 0) is 73.6 Å². The van der Waals surface area contributed by atoms with Crippen LogP contribution in [0.15, 0.2) is 48.9 Å². The number of fused-ring (bicyclic) bond motifs is 1. The third-order valence-electron chi connectivity index (χ3n) is 6.47. The summed E-state index contributed by atoms with van der Waals surface area (Å²) in [5.41, 5.74) is 9.28. The molecule has 1 saturated carbocycles. The molecule has 3 heterocycles. The minimum atomic E-state index is -0.690. The van der Waals surface area contributed by atoms with Gasteiger partial charge in [-0.25, -0.2) is 13.8 Å². The van der Waals surface area contributed by atoms with Gasteiger partial charge in [-0.3, -0.25) is 4.98 Å². The van der Waals surface area contributed by atoms with Crippen molar-refractivity contribution in [2.24, 2.45) is 5.73 Å². The van der Waals surface area contributed by atoms with Gasteiger partial charge in [0.25, 0.3) is 0 Å². The lowest BCUT2D eigenvalue weighted by atomic mass is 9.81. The van der Waals surface area contributed by atoms with E-state index in [1.165, 1.54) is 12.1 Å². The van der Waals surface area contributed by atoms with Crippen molar-refractivity contribution in [1.29, 1.82) is 0 Å². The first-order valence-corrected chi connectivity index (χ1v) is 11.9. The molecular weight excluding hydrogens is 450 g/mol. The van der Waals surface area contributed by atoms with E-state index >= 15 is 0 Å². The fourth-order valence-electron chi connectivity index (χ4n) is 4.77. The van der Waals surface area contributed by atoms with Crippen LogP contribution in [0, 0.1) is 11.6 Å². The van der Waals surface area contributed by atoms with Crippen molar-refractivity contribution < 1.29 is 13.5 Å². The molecule has 7 nitrogen and oxygen atoms in total. The number of hydrogen-bond donors (Lipinski definition) is 2. The molecule has 9 heteroatoms. The van der Waals surface area contributed by atoms with Gasteiger partial charge in [0.2, 0.25) is 5.95 Å². The second kappa shape index (κ2) is 10.1. The molecule has 4 aromatic rings. The van der Waals surface area contributed by atoms with Gasteiger partial charge in [0.05, 0.1) is 41.5 Å².